The summed E-state index contributed by atoms with van der Waals surface area (Å²) in [6.45, 7) is 1.78. The van der Waals surface area contributed by atoms with Crippen LogP contribution >= 0.6 is 15.9 Å². The molecule has 0 spiro atoms. The zero-order chi connectivity index (χ0) is 13.8. The highest BCUT2D eigenvalue weighted by Crippen LogP contribution is 2.30. The number of rotatable bonds is 2. The van der Waals surface area contributed by atoms with E-state index in [1.165, 1.54) is 19.3 Å². The minimum absolute atomic E-state index is 0.120. The molecule has 2 rings (SSSR count). The van der Waals surface area contributed by atoms with Gasteiger partial charge in [0.05, 0.1) is 10.2 Å². The molecule has 0 amide bonds. The Bertz CT molecular complexity index is 468. The van der Waals surface area contributed by atoms with Crippen LogP contribution in [-0.2, 0) is 0 Å². The zero-order valence-corrected chi connectivity index (χ0v) is 12.5. The number of anilines is 1. The summed E-state index contributed by atoms with van der Waals surface area (Å²) in [5.41, 5.74) is 6.45. The minimum atomic E-state index is -0.312. The van der Waals surface area contributed by atoms with Crippen molar-refractivity contribution in [2.75, 3.05) is 18.0 Å². The van der Waals surface area contributed by atoms with Gasteiger partial charge >= 0.3 is 0 Å². The molecule has 104 valence electrons. The molecule has 1 fully saturated rings. The monoisotopic (exact) mass is 327 g/mol. The summed E-state index contributed by atoms with van der Waals surface area (Å²) in [7, 11) is 0. The number of nitrogen functional groups attached to an aromatic ring is 1. The van der Waals surface area contributed by atoms with E-state index in [4.69, 9.17) is 11.1 Å². The van der Waals surface area contributed by atoms with Crippen molar-refractivity contribution in [2.45, 2.75) is 32.1 Å². The number of hydrogen-bond donors (Lipinski definition) is 2. The Labute approximate surface area is 121 Å². The molecular formula is C14H19BrFN3. The zero-order valence-electron chi connectivity index (χ0n) is 10.9. The molecule has 1 aliphatic heterocycles. The molecular weight excluding hydrogens is 309 g/mol. The second kappa shape index (κ2) is 6.37. The van der Waals surface area contributed by atoms with Crippen molar-refractivity contribution in [3.8, 4) is 0 Å². The van der Waals surface area contributed by atoms with Crippen LogP contribution in [0.25, 0.3) is 0 Å². The second-order valence-corrected chi connectivity index (χ2v) is 5.72. The molecule has 0 atom stereocenters. The molecule has 3 N–H and O–H groups in total. The number of amidine groups is 1. The van der Waals surface area contributed by atoms with Crippen LogP contribution in [0.2, 0.25) is 0 Å². The highest BCUT2D eigenvalue weighted by molar-refractivity contribution is 9.10. The van der Waals surface area contributed by atoms with Gasteiger partial charge in [0.1, 0.15) is 5.84 Å². The Hall–Kier alpha value is -1.10. The molecule has 0 aliphatic carbocycles. The van der Waals surface area contributed by atoms with Gasteiger partial charge in [-0.05, 0) is 40.9 Å². The first-order valence-electron chi connectivity index (χ1n) is 6.68. The highest BCUT2D eigenvalue weighted by Gasteiger charge is 2.18. The van der Waals surface area contributed by atoms with Crippen LogP contribution < -0.4 is 10.6 Å². The van der Waals surface area contributed by atoms with Crippen molar-refractivity contribution < 1.29 is 4.39 Å². The van der Waals surface area contributed by atoms with Crippen LogP contribution in [0, 0.1) is 11.2 Å². The van der Waals surface area contributed by atoms with Crippen molar-refractivity contribution in [1.82, 2.24) is 0 Å². The molecule has 0 unspecified atom stereocenters. The molecule has 19 heavy (non-hydrogen) atoms. The Morgan fingerprint density at radius 2 is 1.74 bits per heavy atom. The maximum absolute atomic E-state index is 14.4. The van der Waals surface area contributed by atoms with Gasteiger partial charge in [-0.25, -0.2) is 4.39 Å². The standard InChI is InChI=1S/C14H19BrFN3/c15-12-10(14(17)18)6-7-11(13(12)16)19-8-4-2-1-3-5-9-19/h6-7H,1-5,8-9H2,(H3,17,18). The second-order valence-electron chi connectivity index (χ2n) is 4.93. The number of hydrogen-bond acceptors (Lipinski definition) is 2. The highest BCUT2D eigenvalue weighted by atomic mass is 79.9. The first-order valence-corrected chi connectivity index (χ1v) is 7.48. The maximum atomic E-state index is 14.4. The number of nitrogens with two attached hydrogens (primary N) is 1. The van der Waals surface area contributed by atoms with Gasteiger partial charge in [0.25, 0.3) is 0 Å². The molecule has 0 saturated carbocycles. The third kappa shape index (κ3) is 3.26. The average molecular weight is 328 g/mol. The van der Waals surface area contributed by atoms with Crippen LogP contribution in [0.3, 0.4) is 0 Å². The van der Waals surface area contributed by atoms with Crippen molar-refractivity contribution in [3.05, 3.63) is 28.0 Å². The van der Waals surface area contributed by atoms with Crippen LogP contribution in [0.1, 0.15) is 37.7 Å². The fourth-order valence-corrected chi connectivity index (χ4v) is 3.03. The van der Waals surface area contributed by atoms with E-state index < -0.39 is 0 Å². The lowest BCUT2D eigenvalue weighted by molar-refractivity contribution is 0.543. The third-order valence-corrected chi connectivity index (χ3v) is 4.32. The maximum Gasteiger partial charge on any atom is 0.161 e. The Kier molecular flexibility index (Phi) is 4.80. The van der Waals surface area contributed by atoms with Gasteiger partial charge in [0.15, 0.2) is 5.82 Å². The largest absolute Gasteiger partial charge is 0.384 e. The SMILES string of the molecule is N=C(N)c1ccc(N2CCCCCCC2)c(F)c1Br. The lowest BCUT2D eigenvalue weighted by Crippen LogP contribution is -2.28. The molecule has 1 aliphatic rings. The normalized spacial score (nSPS) is 16.8. The molecule has 0 radical (unpaired) electrons. The average Bonchev–Trinajstić information content (AvgIpc) is 2.32. The van der Waals surface area contributed by atoms with Gasteiger partial charge in [-0.1, -0.05) is 19.3 Å². The Balaban J connectivity index is 2.28. The lowest BCUT2D eigenvalue weighted by atomic mass is 10.1. The molecule has 1 heterocycles. The summed E-state index contributed by atoms with van der Waals surface area (Å²) in [5, 5.41) is 7.42. The molecule has 1 aromatic rings. The number of nitrogens with one attached hydrogen (secondary N) is 1. The van der Waals surface area contributed by atoms with Crippen LogP contribution in [0.5, 0.6) is 0 Å². The van der Waals surface area contributed by atoms with E-state index in [0.717, 1.165) is 25.9 Å². The van der Waals surface area contributed by atoms with E-state index in [1.54, 1.807) is 12.1 Å². The summed E-state index contributed by atoms with van der Waals surface area (Å²) in [6, 6.07) is 3.45. The van der Waals surface area contributed by atoms with E-state index in [9.17, 15) is 4.39 Å². The molecule has 3 nitrogen and oxygen atoms in total. The summed E-state index contributed by atoms with van der Waals surface area (Å²) < 4.78 is 14.7. The van der Waals surface area contributed by atoms with E-state index in [1.807, 2.05) is 0 Å². The van der Waals surface area contributed by atoms with Crippen molar-refractivity contribution in [1.29, 1.82) is 5.41 Å². The number of halogens is 2. The van der Waals surface area contributed by atoms with E-state index in [0.29, 0.717) is 15.7 Å². The molecule has 0 bridgehead atoms. The predicted molar refractivity (Wildman–Crippen MR) is 80.4 cm³/mol. The van der Waals surface area contributed by atoms with Crippen LogP contribution in [0.15, 0.2) is 16.6 Å². The van der Waals surface area contributed by atoms with Gasteiger partial charge in [-0.3, -0.25) is 5.41 Å². The summed E-state index contributed by atoms with van der Waals surface area (Å²) in [5.74, 6) is -0.432. The Morgan fingerprint density at radius 3 is 2.32 bits per heavy atom. The summed E-state index contributed by atoms with van der Waals surface area (Å²) >= 11 is 3.21. The van der Waals surface area contributed by atoms with E-state index in [2.05, 4.69) is 20.8 Å². The van der Waals surface area contributed by atoms with Crippen molar-refractivity contribution in [3.63, 3.8) is 0 Å². The molecule has 1 saturated heterocycles. The van der Waals surface area contributed by atoms with Crippen molar-refractivity contribution in [2.24, 2.45) is 5.73 Å². The molecule has 5 heteroatoms. The van der Waals surface area contributed by atoms with Gasteiger partial charge in [-0.15, -0.1) is 0 Å². The summed E-state index contributed by atoms with van der Waals surface area (Å²) in [4.78, 5) is 2.10. The summed E-state index contributed by atoms with van der Waals surface area (Å²) in [6.07, 6.45) is 5.91. The van der Waals surface area contributed by atoms with Crippen LogP contribution in [-0.4, -0.2) is 18.9 Å². The van der Waals surface area contributed by atoms with E-state index >= 15 is 0 Å². The topological polar surface area (TPSA) is 53.1 Å². The number of nitrogens with zero attached hydrogens (tertiary/aromatic N) is 1. The first kappa shape index (κ1) is 14.3. The third-order valence-electron chi connectivity index (χ3n) is 3.55. The first-order chi connectivity index (χ1) is 9.11. The van der Waals surface area contributed by atoms with Crippen LogP contribution in [0.4, 0.5) is 10.1 Å². The lowest BCUT2D eigenvalue weighted by Gasteiger charge is -2.27. The smallest absolute Gasteiger partial charge is 0.161 e. The predicted octanol–water partition coefficient (Wildman–Crippen LogP) is 3.64. The fourth-order valence-electron chi connectivity index (χ4n) is 2.48. The minimum Gasteiger partial charge on any atom is -0.384 e. The van der Waals surface area contributed by atoms with Crippen molar-refractivity contribution >= 4 is 27.5 Å². The van der Waals surface area contributed by atoms with E-state index in [-0.39, 0.29) is 11.7 Å². The molecule has 0 aromatic heterocycles. The number of benzene rings is 1. The van der Waals surface area contributed by atoms with Gasteiger partial charge in [0, 0.05) is 18.7 Å². The quantitative estimate of drug-likeness (QED) is 0.643. The molecule has 1 aromatic carbocycles. The Morgan fingerprint density at radius 1 is 1.16 bits per heavy atom. The van der Waals surface area contributed by atoms with Gasteiger partial charge in [0.2, 0.25) is 0 Å². The van der Waals surface area contributed by atoms with Gasteiger partial charge < -0.3 is 10.6 Å². The van der Waals surface area contributed by atoms with Gasteiger partial charge in [-0.2, -0.15) is 0 Å². The fraction of sp³-hybridized carbons (Fsp3) is 0.500.